The molecule has 2 N–H and O–H groups in total. The van der Waals surface area contributed by atoms with Crippen molar-refractivity contribution in [2.75, 3.05) is 32.6 Å². The summed E-state index contributed by atoms with van der Waals surface area (Å²) in [5.74, 6) is -0.173. The quantitative estimate of drug-likeness (QED) is 0.499. The Balaban J connectivity index is 2.17. The second-order valence-electron chi connectivity index (χ2n) is 7.90. The van der Waals surface area contributed by atoms with E-state index in [1.807, 2.05) is 13.8 Å². The maximum Gasteiger partial charge on any atom is 0.252 e. The Hall–Kier alpha value is -3.11. The number of nitrogens with one attached hydrogen (secondary N) is 2. The van der Waals surface area contributed by atoms with Gasteiger partial charge in [0.25, 0.3) is 5.91 Å². The van der Waals surface area contributed by atoms with E-state index in [-0.39, 0.29) is 10.8 Å². The molecule has 0 fully saturated rings. The Labute approximate surface area is 201 Å². The van der Waals surface area contributed by atoms with Crippen LogP contribution in [0.5, 0.6) is 11.5 Å². The van der Waals surface area contributed by atoms with Gasteiger partial charge in [-0.2, -0.15) is 4.31 Å². The summed E-state index contributed by atoms with van der Waals surface area (Å²) >= 11 is 0. The number of methoxy groups -OCH3 is 2. The molecule has 0 heterocycles. The van der Waals surface area contributed by atoms with Crippen molar-refractivity contribution in [1.82, 2.24) is 9.62 Å². The fourth-order valence-corrected chi connectivity index (χ4v) is 4.80. The summed E-state index contributed by atoms with van der Waals surface area (Å²) in [6.07, 6.45) is 0. The fraction of sp³-hybridized carbons (Fsp3) is 0.417. The third-order valence-electron chi connectivity index (χ3n) is 5.31. The van der Waals surface area contributed by atoms with E-state index in [4.69, 9.17) is 9.47 Å². The normalized spacial score (nSPS) is 12.4. The van der Waals surface area contributed by atoms with Gasteiger partial charge in [0.05, 0.1) is 19.1 Å². The molecule has 10 heteroatoms. The van der Waals surface area contributed by atoms with Crippen molar-refractivity contribution in [2.24, 2.45) is 5.92 Å². The van der Waals surface area contributed by atoms with Gasteiger partial charge >= 0.3 is 0 Å². The number of ether oxygens (including phenoxy) is 2. The van der Waals surface area contributed by atoms with E-state index in [0.29, 0.717) is 35.8 Å². The molecule has 0 bridgehead atoms. The molecule has 0 radical (unpaired) electrons. The molecular formula is C24H33N3O6S. The molecule has 34 heavy (non-hydrogen) atoms. The van der Waals surface area contributed by atoms with Crippen LogP contribution in [-0.2, 0) is 14.8 Å². The van der Waals surface area contributed by atoms with Gasteiger partial charge < -0.3 is 20.1 Å². The van der Waals surface area contributed by atoms with Crippen LogP contribution in [0.2, 0.25) is 0 Å². The number of hydrogen-bond acceptors (Lipinski definition) is 6. The van der Waals surface area contributed by atoms with Gasteiger partial charge in [0.15, 0.2) is 0 Å². The first-order valence-electron chi connectivity index (χ1n) is 11.0. The van der Waals surface area contributed by atoms with Gasteiger partial charge in [-0.25, -0.2) is 8.42 Å². The van der Waals surface area contributed by atoms with Gasteiger partial charge in [-0.05, 0) is 42.3 Å². The predicted octanol–water partition coefficient (Wildman–Crippen LogP) is 3.13. The molecule has 2 aromatic carbocycles. The second-order valence-corrected chi connectivity index (χ2v) is 9.84. The van der Waals surface area contributed by atoms with Crippen LogP contribution in [0.25, 0.3) is 0 Å². The van der Waals surface area contributed by atoms with Crippen molar-refractivity contribution in [3.63, 3.8) is 0 Å². The maximum atomic E-state index is 12.9. The molecule has 2 rings (SSSR count). The molecule has 2 amide bonds. The number of hydrogen-bond donors (Lipinski definition) is 2. The van der Waals surface area contributed by atoms with Crippen LogP contribution in [0.1, 0.15) is 38.1 Å². The van der Waals surface area contributed by atoms with Crippen molar-refractivity contribution in [2.45, 2.75) is 38.6 Å². The van der Waals surface area contributed by atoms with Gasteiger partial charge in [-0.1, -0.05) is 27.7 Å². The van der Waals surface area contributed by atoms with Gasteiger partial charge in [-0.15, -0.1) is 0 Å². The van der Waals surface area contributed by atoms with Gasteiger partial charge in [0, 0.05) is 30.4 Å². The molecule has 186 valence electrons. The Kier molecular flexibility index (Phi) is 9.46. The highest BCUT2D eigenvalue weighted by Crippen LogP contribution is 2.23. The topological polar surface area (TPSA) is 114 Å². The number of anilines is 1. The number of amides is 2. The van der Waals surface area contributed by atoms with Crippen LogP contribution in [0.15, 0.2) is 47.4 Å². The highest BCUT2D eigenvalue weighted by atomic mass is 32.2. The highest BCUT2D eigenvalue weighted by molar-refractivity contribution is 7.89. The highest BCUT2D eigenvalue weighted by Gasteiger charge is 2.26. The molecule has 0 saturated heterocycles. The van der Waals surface area contributed by atoms with Gasteiger partial charge in [-0.3, -0.25) is 9.59 Å². The molecule has 1 atom stereocenters. The van der Waals surface area contributed by atoms with Gasteiger partial charge in [0.2, 0.25) is 15.9 Å². The molecule has 0 aliphatic rings. The number of carbonyl (C=O) groups excluding carboxylic acids is 2. The first-order chi connectivity index (χ1) is 16.1. The third kappa shape index (κ3) is 6.48. The van der Waals surface area contributed by atoms with Crippen molar-refractivity contribution < 1.29 is 27.5 Å². The van der Waals surface area contributed by atoms with E-state index >= 15 is 0 Å². The molecule has 9 nitrogen and oxygen atoms in total. The molecule has 0 unspecified atom stereocenters. The molecule has 0 aromatic heterocycles. The largest absolute Gasteiger partial charge is 0.497 e. The number of nitrogens with zero attached hydrogens (tertiary/aromatic N) is 1. The van der Waals surface area contributed by atoms with E-state index < -0.39 is 27.9 Å². The Morgan fingerprint density at radius 3 is 1.91 bits per heavy atom. The van der Waals surface area contributed by atoms with Crippen molar-refractivity contribution in [3.8, 4) is 11.5 Å². The Morgan fingerprint density at radius 2 is 1.47 bits per heavy atom. The van der Waals surface area contributed by atoms with Crippen molar-refractivity contribution in [3.05, 3.63) is 48.0 Å². The minimum atomic E-state index is -3.59. The number of rotatable bonds is 11. The summed E-state index contributed by atoms with van der Waals surface area (Å²) in [4.78, 5) is 26.0. The van der Waals surface area contributed by atoms with Crippen molar-refractivity contribution >= 4 is 27.5 Å². The molecule has 2 aromatic rings. The van der Waals surface area contributed by atoms with Crippen LogP contribution in [0.3, 0.4) is 0 Å². The van der Waals surface area contributed by atoms with E-state index in [9.17, 15) is 18.0 Å². The monoisotopic (exact) mass is 491 g/mol. The second kappa shape index (κ2) is 11.8. The summed E-state index contributed by atoms with van der Waals surface area (Å²) in [5, 5.41) is 5.51. The summed E-state index contributed by atoms with van der Waals surface area (Å²) in [5.41, 5.74) is 0.715. The van der Waals surface area contributed by atoms with Crippen LogP contribution < -0.4 is 20.1 Å². The molecule has 0 spiro atoms. The van der Waals surface area contributed by atoms with Crippen LogP contribution in [-0.4, -0.2) is 57.9 Å². The lowest BCUT2D eigenvalue weighted by Crippen LogP contribution is -2.47. The first-order valence-corrected chi connectivity index (χ1v) is 12.5. The van der Waals surface area contributed by atoms with Crippen LogP contribution in [0.4, 0.5) is 5.69 Å². The zero-order chi connectivity index (χ0) is 25.5. The molecule has 0 saturated carbocycles. The van der Waals surface area contributed by atoms with Crippen LogP contribution >= 0.6 is 0 Å². The number of sulfonamides is 1. The van der Waals surface area contributed by atoms with Crippen molar-refractivity contribution in [1.29, 1.82) is 0 Å². The lowest BCUT2D eigenvalue weighted by Gasteiger charge is -2.22. The summed E-state index contributed by atoms with van der Waals surface area (Å²) in [6.45, 7) is 7.92. The van der Waals surface area contributed by atoms with Crippen LogP contribution in [0, 0.1) is 5.92 Å². The average molecular weight is 492 g/mol. The maximum absolute atomic E-state index is 12.9. The standard InChI is InChI=1S/C24H33N3O6S/c1-7-27(8-2)34(30,31)21-11-9-18(10-12-21)25-24(29)22(16(3)4)26-23(28)17-13-19(32-5)15-20(14-17)33-6/h9-16,22H,7-8H2,1-6H3,(H,25,29)(H,26,28)/t22-/m1/s1. The fourth-order valence-electron chi connectivity index (χ4n) is 3.34. The van der Waals surface area contributed by atoms with E-state index in [1.54, 1.807) is 32.0 Å². The zero-order valence-corrected chi connectivity index (χ0v) is 21.2. The lowest BCUT2D eigenvalue weighted by atomic mass is 10.0. The number of carbonyl (C=O) groups is 2. The smallest absolute Gasteiger partial charge is 0.252 e. The van der Waals surface area contributed by atoms with E-state index in [0.717, 1.165) is 0 Å². The SMILES string of the molecule is CCN(CC)S(=O)(=O)c1ccc(NC(=O)[C@H](NC(=O)c2cc(OC)cc(OC)c2)C(C)C)cc1. The summed E-state index contributed by atoms with van der Waals surface area (Å²) in [7, 11) is -0.620. The zero-order valence-electron chi connectivity index (χ0n) is 20.4. The predicted molar refractivity (Wildman–Crippen MR) is 131 cm³/mol. The Morgan fingerprint density at radius 1 is 0.941 bits per heavy atom. The third-order valence-corrected chi connectivity index (χ3v) is 7.38. The van der Waals surface area contributed by atoms with E-state index in [2.05, 4.69) is 10.6 Å². The molecular weight excluding hydrogens is 458 g/mol. The van der Waals surface area contributed by atoms with E-state index in [1.165, 1.54) is 42.8 Å². The average Bonchev–Trinajstić information content (AvgIpc) is 2.82. The van der Waals surface area contributed by atoms with Gasteiger partial charge in [0.1, 0.15) is 17.5 Å². The summed E-state index contributed by atoms with van der Waals surface area (Å²) < 4.78 is 37.1. The number of benzene rings is 2. The Bertz CT molecular complexity index is 1070. The minimum Gasteiger partial charge on any atom is -0.497 e. The minimum absolute atomic E-state index is 0.148. The summed E-state index contributed by atoms with van der Waals surface area (Å²) in [6, 6.07) is 9.89. The first kappa shape index (κ1) is 27.1. The molecule has 0 aliphatic heterocycles. The lowest BCUT2D eigenvalue weighted by molar-refractivity contribution is -0.118. The molecule has 0 aliphatic carbocycles.